The van der Waals surface area contributed by atoms with E-state index in [1.807, 2.05) is 0 Å². The topological polar surface area (TPSA) is 18.5 Å². The molecule has 0 aromatic rings. The van der Waals surface area contributed by atoms with Gasteiger partial charge in [0, 0.05) is 0 Å². The van der Waals surface area contributed by atoms with Crippen molar-refractivity contribution in [3.63, 3.8) is 0 Å². The first-order valence-corrected chi connectivity index (χ1v) is 8.24. The molecule has 1 fully saturated rings. The van der Waals surface area contributed by atoms with Crippen LogP contribution < -0.4 is 0 Å². The molecular weight excluding hydrogens is 224 g/mol. The Morgan fingerprint density at radius 3 is 0.778 bits per heavy atom. The Labute approximate surface area is 113 Å². The normalized spacial score (nSPS) is 24.0. The van der Waals surface area contributed by atoms with Gasteiger partial charge in [0.25, 0.3) is 0 Å². The Morgan fingerprint density at radius 2 is 0.500 bits per heavy atom. The first-order chi connectivity index (χ1) is 9.00. The molecule has 2 nitrogen and oxygen atoms in total. The molecule has 0 aromatic carbocycles. The molecule has 0 aromatic heterocycles. The molecular formula is C16H32O2. The van der Waals surface area contributed by atoms with E-state index in [1.165, 1.54) is 77.0 Å². The lowest BCUT2D eigenvalue weighted by atomic mass is 10.0. The molecule has 1 aliphatic heterocycles. The standard InChI is InChI=1S/C16H32O2/c1-2-4-6-8-10-12-14-16-18-17-15-13-11-9-7-5-3-1/h1-16H2. The Bertz CT molecular complexity index is 84.1. The molecule has 1 rings (SSSR count). The van der Waals surface area contributed by atoms with E-state index in [0.717, 1.165) is 26.1 Å². The van der Waals surface area contributed by atoms with Crippen LogP contribution >= 0.6 is 0 Å². The molecule has 0 radical (unpaired) electrons. The molecule has 18 heavy (non-hydrogen) atoms. The molecule has 0 N–H and O–H groups in total. The third-order valence-electron chi connectivity index (χ3n) is 3.79. The van der Waals surface area contributed by atoms with Crippen LogP contribution in [-0.4, -0.2) is 13.2 Å². The predicted molar refractivity (Wildman–Crippen MR) is 76.5 cm³/mol. The molecule has 2 heteroatoms. The van der Waals surface area contributed by atoms with Gasteiger partial charge in [-0.1, -0.05) is 77.0 Å². The molecule has 1 heterocycles. The smallest absolute Gasteiger partial charge is 0.0822 e. The van der Waals surface area contributed by atoms with Gasteiger partial charge in [-0.2, -0.15) is 0 Å². The van der Waals surface area contributed by atoms with E-state index < -0.39 is 0 Å². The average molecular weight is 256 g/mol. The Hall–Kier alpha value is -0.0800. The van der Waals surface area contributed by atoms with Crippen molar-refractivity contribution in [1.82, 2.24) is 0 Å². The Kier molecular flexibility index (Phi) is 11.9. The summed E-state index contributed by atoms with van der Waals surface area (Å²) in [5.74, 6) is 0. The molecule has 1 saturated heterocycles. The second kappa shape index (κ2) is 13.4. The second-order valence-corrected chi connectivity index (χ2v) is 5.59. The van der Waals surface area contributed by atoms with Crippen LogP contribution in [0.25, 0.3) is 0 Å². The minimum atomic E-state index is 0.778. The van der Waals surface area contributed by atoms with E-state index in [9.17, 15) is 0 Å². The van der Waals surface area contributed by atoms with Crippen LogP contribution in [0, 0.1) is 0 Å². The van der Waals surface area contributed by atoms with Gasteiger partial charge >= 0.3 is 0 Å². The fourth-order valence-corrected chi connectivity index (χ4v) is 2.56. The minimum Gasteiger partial charge on any atom is -0.237 e. The van der Waals surface area contributed by atoms with Crippen molar-refractivity contribution in [2.75, 3.05) is 13.2 Å². The van der Waals surface area contributed by atoms with Crippen LogP contribution in [0.1, 0.15) is 89.9 Å². The lowest BCUT2D eigenvalue weighted by Crippen LogP contribution is -1.99. The monoisotopic (exact) mass is 256 g/mol. The molecule has 0 saturated carbocycles. The summed E-state index contributed by atoms with van der Waals surface area (Å²) in [7, 11) is 0. The van der Waals surface area contributed by atoms with E-state index in [4.69, 9.17) is 9.78 Å². The van der Waals surface area contributed by atoms with Crippen molar-refractivity contribution < 1.29 is 9.78 Å². The number of rotatable bonds is 0. The first kappa shape index (κ1) is 16.0. The lowest BCUT2D eigenvalue weighted by molar-refractivity contribution is -0.295. The van der Waals surface area contributed by atoms with Gasteiger partial charge in [-0.15, -0.1) is 0 Å². The van der Waals surface area contributed by atoms with Crippen LogP contribution in [0.5, 0.6) is 0 Å². The van der Waals surface area contributed by atoms with Crippen LogP contribution in [-0.2, 0) is 9.78 Å². The van der Waals surface area contributed by atoms with E-state index in [0.29, 0.717) is 0 Å². The summed E-state index contributed by atoms with van der Waals surface area (Å²) < 4.78 is 0. The van der Waals surface area contributed by atoms with Gasteiger partial charge in [0.2, 0.25) is 0 Å². The van der Waals surface area contributed by atoms with Crippen LogP contribution in [0.4, 0.5) is 0 Å². The summed E-state index contributed by atoms with van der Waals surface area (Å²) in [6, 6.07) is 0. The fourth-order valence-electron chi connectivity index (χ4n) is 2.56. The summed E-state index contributed by atoms with van der Waals surface area (Å²) >= 11 is 0. The quantitative estimate of drug-likeness (QED) is 0.539. The van der Waals surface area contributed by atoms with Crippen molar-refractivity contribution in [2.24, 2.45) is 0 Å². The number of hydrogen-bond donors (Lipinski definition) is 0. The highest BCUT2D eigenvalue weighted by Crippen LogP contribution is 2.13. The summed E-state index contributed by atoms with van der Waals surface area (Å²) in [6.07, 6.45) is 19.1. The summed E-state index contributed by atoms with van der Waals surface area (Å²) in [5, 5.41) is 0. The molecule has 0 atom stereocenters. The maximum absolute atomic E-state index is 5.18. The highest BCUT2D eigenvalue weighted by atomic mass is 17.2. The van der Waals surface area contributed by atoms with Crippen molar-refractivity contribution >= 4 is 0 Å². The largest absolute Gasteiger partial charge is 0.237 e. The molecule has 0 unspecified atom stereocenters. The zero-order chi connectivity index (χ0) is 12.7. The van der Waals surface area contributed by atoms with E-state index in [1.54, 1.807) is 0 Å². The Balaban J connectivity index is 2.00. The second-order valence-electron chi connectivity index (χ2n) is 5.59. The first-order valence-electron chi connectivity index (χ1n) is 8.24. The highest BCUT2D eigenvalue weighted by molar-refractivity contribution is 4.49. The van der Waals surface area contributed by atoms with Gasteiger partial charge in [0.05, 0.1) is 13.2 Å². The van der Waals surface area contributed by atoms with Gasteiger partial charge in [-0.25, -0.2) is 9.78 Å². The minimum absolute atomic E-state index is 0.778. The van der Waals surface area contributed by atoms with Crippen molar-refractivity contribution in [1.29, 1.82) is 0 Å². The third-order valence-corrected chi connectivity index (χ3v) is 3.79. The van der Waals surface area contributed by atoms with Gasteiger partial charge in [0.15, 0.2) is 0 Å². The summed E-state index contributed by atoms with van der Waals surface area (Å²) in [6.45, 7) is 1.56. The maximum Gasteiger partial charge on any atom is 0.0822 e. The molecule has 0 bridgehead atoms. The van der Waals surface area contributed by atoms with Crippen molar-refractivity contribution in [2.45, 2.75) is 89.9 Å². The van der Waals surface area contributed by atoms with Crippen LogP contribution in [0.2, 0.25) is 0 Å². The van der Waals surface area contributed by atoms with Crippen LogP contribution in [0.3, 0.4) is 0 Å². The van der Waals surface area contributed by atoms with Gasteiger partial charge in [-0.3, -0.25) is 0 Å². The van der Waals surface area contributed by atoms with Crippen LogP contribution in [0.15, 0.2) is 0 Å². The fraction of sp³-hybridized carbons (Fsp3) is 1.00. The maximum atomic E-state index is 5.18. The molecule has 108 valence electrons. The zero-order valence-electron chi connectivity index (χ0n) is 12.1. The summed E-state index contributed by atoms with van der Waals surface area (Å²) in [4.78, 5) is 10.4. The van der Waals surface area contributed by atoms with Crippen molar-refractivity contribution in [3.8, 4) is 0 Å². The molecule has 1 aliphatic rings. The lowest BCUT2D eigenvalue weighted by Gasteiger charge is -2.06. The van der Waals surface area contributed by atoms with Gasteiger partial charge in [-0.05, 0) is 12.8 Å². The molecule has 0 amide bonds. The van der Waals surface area contributed by atoms with Crippen molar-refractivity contribution in [3.05, 3.63) is 0 Å². The summed E-state index contributed by atoms with van der Waals surface area (Å²) in [5.41, 5.74) is 0. The SMILES string of the molecule is C1CCCCCCCCOOCCCCCCC1. The Morgan fingerprint density at radius 1 is 0.278 bits per heavy atom. The third kappa shape index (κ3) is 11.0. The van der Waals surface area contributed by atoms with Gasteiger partial charge in [0.1, 0.15) is 0 Å². The van der Waals surface area contributed by atoms with Gasteiger partial charge < -0.3 is 0 Å². The molecule has 0 aliphatic carbocycles. The highest BCUT2D eigenvalue weighted by Gasteiger charge is 1.96. The van der Waals surface area contributed by atoms with E-state index >= 15 is 0 Å². The molecule has 0 spiro atoms. The van der Waals surface area contributed by atoms with E-state index in [-0.39, 0.29) is 0 Å². The average Bonchev–Trinajstić information content (AvgIpc) is 2.39. The number of hydrogen-bond acceptors (Lipinski definition) is 2. The predicted octanol–water partition coefficient (Wildman–Crippen LogP) is 5.41. The zero-order valence-corrected chi connectivity index (χ0v) is 12.1. The van der Waals surface area contributed by atoms with E-state index in [2.05, 4.69) is 0 Å².